The third-order valence-corrected chi connectivity index (χ3v) is 6.69. The van der Waals surface area contributed by atoms with Crippen molar-refractivity contribution in [2.75, 3.05) is 0 Å². The summed E-state index contributed by atoms with van der Waals surface area (Å²) in [6.45, 7) is 4.68. The lowest BCUT2D eigenvalue weighted by molar-refractivity contribution is 0.556. The summed E-state index contributed by atoms with van der Waals surface area (Å²) in [6, 6.07) is 13.0. The Morgan fingerprint density at radius 3 is 2.36 bits per heavy atom. The van der Waals surface area contributed by atoms with E-state index in [0.29, 0.717) is 44.6 Å². The molecule has 6 nitrogen and oxygen atoms in total. The summed E-state index contributed by atoms with van der Waals surface area (Å²) in [6.07, 6.45) is 4.31. The number of nitrogens with zero attached hydrogens (tertiary/aromatic N) is 5. The number of fused-ring (bicyclic) bond motifs is 4. The molecule has 0 atom stereocenters. The molecular weight excluding hydrogens is 457 g/mol. The van der Waals surface area contributed by atoms with E-state index in [1.807, 2.05) is 41.8 Å². The highest BCUT2D eigenvalue weighted by Gasteiger charge is 2.22. The van der Waals surface area contributed by atoms with Gasteiger partial charge in [0.05, 0.1) is 26.8 Å². The van der Waals surface area contributed by atoms with Crippen molar-refractivity contribution in [2.24, 2.45) is 0 Å². The summed E-state index contributed by atoms with van der Waals surface area (Å²) in [5, 5.41) is 1.34. The first-order chi connectivity index (χ1) is 16.0. The number of halogens is 2. The van der Waals surface area contributed by atoms with Crippen LogP contribution >= 0.6 is 23.2 Å². The molecule has 0 saturated carbocycles. The highest BCUT2D eigenvalue weighted by Crippen LogP contribution is 2.31. The Hall–Kier alpha value is -2.96. The summed E-state index contributed by atoms with van der Waals surface area (Å²) >= 11 is 12.5. The molecule has 33 heavy (non-hydrogen) atoms. The quantitative estimate of drug-likeness (QED) is 0.261. The first-order valence-corrected chi connectivity index (χ1v) is 11.9. The molecule has 3 heterocycles. The normalized spacial score (nSPS) is 11.8. The van der Waals surface area contributed by atoms with Crippen molar-refractivity contribution in [3.8, 4) is 5.69 Å². The Morgan fingerprint density at radius 1 is 0.879 bits per heavy atom. The van der Waals surface area contributed by atoms with Gasteiger partial charge in [-0.1, -0.05) is 61.5 Å². The molecule has 0 radical (unpaired) electrons. The van der Waals surface area contributed by atoms with E-state index in [1.165, 1.54) is 0 Å². The highest BCUT2D eigenvalue weighted by molar-refractivity contribution is 6.42. The molecule has 0 bridgehead atoms. The van der Waals surface area contributed by atoms with Crippen LogP contribution in [0.4, 0.5) is 0 Å². The monoisotopic (exact) mass is 479 g/mol. The first-order valence-electron chi connectivity index (χ1n) is 11.1. The van der Waals surface area contributed by atoms with E-state index in [9.17, 15) is 4.79 Å². The van der Waals surface area contributed by atoms with Crippen LogP contribution < -0.4 is 5.56 Å². The predicted molar refractivity (Wildman–Crippen MR) is 135 cm³/mol. The number of hydrogen-bond acceptors (Lipinski definition) is 4. The zero-order valence-corrected chi connectivity index (χ0v) is 20.0. The maximum absolute atomic E-state index is 13.7. The Bertz CT molecular complexity index is 1570. The Balaban J connectivity index is 1.84. The van der Waals surface area contributed by atoms with Gasteiger partial charge in [0.2, 0.25) is 0 Å². The Morgan fingerprint density at radius 2 is 1.64 bits per heavy atom. The van der Waals surface area contributed by atoms with Crippen LogP contribution in [0.2, 0.25) is 10.0 Å². The standard InChI is InChI=1S/C25H23Cl2N5O/c1-3-4-5-8-13-31-15(2)28-23-21(25(31)33)22-24(30-20-10-7-6-9-19(20)29-22)32(23)16-11-12-17(26)18(27)14-16/h6-7,9-12,14H,3-5,8,13H2,1-2H3. The molecule has 0 N–H and O–H groups in total. The van der Waals surface area contributed by atoms with Gasteiger partial charge < -0.3 is 0 Å². The highest BCUT2D eigenvalue weighted by atomic mass is 35.5. The van der Waals surface area contributed by atoms with Gasteiger partial charge in [0.1, 0.15) is 16.7 Å². The maximum atomic E-state index is 13.7. The lowest BCUT2D eigenvalue weighted by atomic mass is 10.2. The largest absolute Gasteiger partial charge is 0.296 e. The van der Waals surface area contributed by atoms with Crippen LogP contribution in [0.15, 0.2) is 47.3 Å². The lowest BCUT2D eigenvalue weighted by Crippen LogP contribution is -2.24. The van der Waals surface area contributed by atoms with E-state index in [0.717, 1.165) is 42.4 Å². The van der Waals surface area contributed by atoms with Gasteiger partial charge in [-0.3, -0.25) is 13.9 Å². The van der Waals surface area contributed by atoms with E-state index in [4.69, 9.17) is 38.2 Å². The van der Waals surface area contributed by atoms with Gasteiger partial charge in [-0.25, -0.2) is 15.0 Å². The minimum absolute atomic E-state index is 0.0950. The molecule has 0 unspecified atom stereocenters. The molecule has 168 valence electrons. The molecule has 0 aliphatic carbocycles. The molecule has 0 saturated heterocycles. The fourth-order valence-corrected chi connectivity index (χ4v) is 4.55. The molecule has 3 aromatic heterocycles. The van der Waals surface area contributed by atoms with Crippen molar-refractivity contribution in [3.05, 3.63) is 68.7 Å². The second-order valence-electron chi connectivity index (χ2n) is 8.19. The van der Waals surface area contributed by atoms with Crippen LogP contribution in [0.5, 0.6) is 0 Å². The summed E-state index contributed by atoms with van der Waals surface area (Å²) in [4.78, 5) is 28.3. The van der Waals surface area contributed by atoms with Gasteiger partial charge in [0.25, 0.3) is 5.56 Å². The van der Waals surface area contributed by atoms with Crippen LogP contribution in [0, 0.1) is 6.92 Å². The second kappa shape index (κ2) is 8.76. The van der Waals surface area contributed by atoms with Crippen LogP contribution in [0.25, 0.3) is 38.9 Å². The number of aromatic nitrogens is 5. The number of para-hydroxylation sites is 2. The number of hydrogen-bond donors (Lipinski definition) is 0. The fraction of sp³-hybridized carbons (Fsp3) is 0.280. The average Bonchev–Trinajstić information content (AvgIpc) is 3.11. The summed E-state index contributed by atoms with van der Waals surface area (Å²) in [5.74, 6) is 0.665. The SMILES string of the molecule is CCCCCCn1c(C)nc2c(c1=O)c1nc3ccccc3nc1n2-c1ccc(Cl)c(Cl)c1. The molecule has 2 aromatic carbocycles. The third kappa shape index (κ3) is 3.77. The van der Waals surface area contributed by atoms with Crippen LogP contribution in [0.1, 0.15) is 38.4 Å². The van der Waals surface area contributed by atoms with Crippen LogP contribution in [-0.2, 0) is 6.54 Å². The van der Waals surface area contributed by atoms with E-state index in [2.05, 4.69) is 6.92 Å². The number of unbranched alkanes of at least 4 members (excludes halogenated alkanes) is 3. The maximum Gasteiger partial charge on any atom is 0.265 e. The zero-order valence-electron chi connectivity index (χ0n) is 18.5. The Kier molecular flexibility index (Phi) is 5.81. The van der Waals surface area contributed by atoms with Crippen molar-refractivity contribution in [2.45, 2.75) is 46.1 Å². The smallest absolute Gasteiger partial charge is 0.265 e. The third-order valence-electron chi connectivity index (χ3n) is 5.95. The van der Waals surface area contributed by atoms with Crippen molar-refractivity contribution in [1.29, 1.82) is 0 Å². The molecular formula is C25H23Cl2N5O. The average molecular weight is 480 g/mol. The molecule has 8 heteroatoms. The number of rotatable bonds is 6. The van der Waals surface area contributed by atoms with Gasteiger partial charge in [0.15, 0.2) is 11.3 Å². The van der Waals surface area contributed by atoms with Gasteiger partial charge in [-0.2, -0.15) is 0 Å². The molecule has 0 aliphatic heterocycles. The van der Waals surface area contributed by atoms with E-state index >= 15 is 0 Å². The zero-order chi connectivity index (χ0) is 23.1. The molecule has 0 aliphatic rings. The minimum atomic E-state index is -0.0950. The first kappa shape index (κ1) is 21.9. The van der Waals surface area contributed by atoms with Gasteiger partial charge in [0, 0.05) is 6.54 Å². The van der Waals surface area contributed by atoms with Crippen molar-refractivity contribution in [1.82, 2.24) is 24.1 Å². The summed E-state index contributed by atoms with van der Waals surface area (Å²) in [7, 11) is 0. The van der Waals surface area contributed by atoms with Crippen molar-refractivity contribution in [3.63, 3.8) is 0 Å². The van der Waals surface area contributed by atoms with Crippen molar-refractivity contribution >= 4 is 56.4 Å². The number of aryl methyl sites for hydroxylation is 1. The summed E-state index contributed by atoms with van der Waals surface area (Å²) in [5.41, 5.74) is 3.72. The van der Waals surface area contributed by atoms with Gasteiger partial charge in [-0.05, 0) is 43.7 Å². The minimum Gasteiger partial charge on any atom is -0.296 e. The van der Waals surface area contributed by atoms with E-state index in [-0.39, 0.29) is 5.56 Å². The molecule has 0 spiro atoms. The Labute approximate surface area is 200 Å². The second-order valence-corrected chi connectivity index (χ2v) is 9.01. The number of benzene rings is 2. The van der Waals surface area contributed by atoms with Crippen molar-refractivity contribution < 1.29 is 0 Å². The predicted octanol–water partition coefficient (Wildman–Crippen LogP) is 6.48. The molecule has 0 fully saturated rings. The molecule has 5 rings (SSSR count). The summed E-state index contributed by atoms with van der Waals surface area (Å²) < 4.78 is 3.61. The van der Waals surface area contributed by atoms with Crippen LogP contribution in [0.3, 0.4) is 0 Å². The van der Waals surface area contributed by atoms with E-state index in [1.54, 1.807) is 16.7 Å². The molecule has 5 aromatic rings. The fourth-order valence-electron chi connectivity index (χ4n) is 4.26. The lowest BCUT2D eigenvalue weighted by Gasteiger charge is -2.11. The topological polar surface area (TPSA) is 65.6 Å². The van der Waals surface area contributed by atoms with Gasteiger partial charge in [-0.15, -0.1) is 0 Å². The van der Waals surface area contributed by atoms with E-state index < -0.39 is 0 Å². The van der Waals surface area contributed by atoms with Gasteiger partial charge >= 0.3 is 0 Å². The van der Waals surface area contributed by atoms with Crippen LogP contribution in [-0.4, -0.2) is 24.1 Å². The molecule has 0 amide bonds.